The van der Waals surface area contributed by atoms with Crippen molar-refractivity contribution in [2.24, 2.45) is 5.92 Å². The second kappa shape index (κ2) is 5.86. The van der Waals surface area contributed by atoms with Gasteiger partial charge in [-0.3, -0.25) is 4.79 Å². The van der Waals surface area contributed by atoms with E-state index in [1.54, 1.807) is 0 Å². The fourth-order valence-electron chi connectivity index (χ4n) is 3.95. The molecule has 2 heterocycles. The molecule has 2 unspecified atom stereocenters. The lowest BCUT2D eigenvalue weighted by atomic mass is 9.84. The summed E-state index contributed by atoms with van der Waals surface area (Å²) >= 11 is 0. The predicted octanol–water partition coefficient (Wildman–Crippen LogP) is 3.94. The van der Waals surface area contributed by atoms with Crippen molar-refractivity contribution in [3.05, 3.63) is 34.9 Å². The minimum Gasteiger partial charge on any atom is -0.294 e. The molecule has 2 atom stereocenters. The Labute approximate surface area is 139 Å². The van der Waals surface area contributed by atoms with Gasteiger partial charge in [0.2, 0.25) is 0 Å². The van der Waals surface area contributed by atoms with Crippen LogP contribution in [0.4, 0.5) is 13.2 Å². The molecule has 2 saturated heterocycles. The lowest BCUT2D eigenvalue weighted by Gasteiger charge is -2.38. The number of aryl methyl sites for hydroxylation is 1. The summed E-state index contributed by atoms with van der Waals surface area (Å²) in [5.41, 5.74) is -0.434. The first kappa shape index (κ1) is 17.5. The van der Waals surface area contributed by atoms with Crippen molar-refractivity contribution in [2.75, 3.05) is 0 Å². The number of ketones is 1. The molecule has 0 aromatic heterocycles. The fourth-order valence-corrected chi connectivity index (χ4v) is 6.48. The number of benzene rings is 1. The lowest BCUT2D eigenvalue weighted by Crippen LogP contribution is -2.45. The highest BCUT2D eigenvalue weighted by atomic mass is 32.2. The molecule has 1 aromatic rings. The third-order valence-corrected chi connectivity index (χ3v) is 7.85. The van der Waals surface area contributed by atoms with Crippen LogP contribution in [0.15, 0.2) is 18.2 Å². The maximum atomic E-state index is 13.0. The molecule has 0 amide bonds. The van der Waals surface area contributed by atoms with Gasteiger partial charge in [-0.1, -0.05) is 6.42 Å². The van der Waals surface area contributed by atoms with E-state index in [2.05, 4.69) is 0 Å². The minimum atomic E-state index is -4.51. The summed E-state index contributed by atoms with van der Waals surface area (Å²) in [6.45, 7) is 1.52. The quantitative estimate of drug-likeness (QED) is 0.751. The van der Waals surface area contributed by atoms with E-state index in [9.17, 15) is 26.4 Å². The van der Waals surface area contributed by atoms with Crippen LogP contribution in [0.2, 0.25) is 0 Å². The summed E-state index contributed by atoms with van der Waals surface area (Å²) in [5.74, 6) is -0.872. The summed E-state index contributed by atoms with van der Waals surface area (Å²) in [6.07, 6.45) is -2.13. The van der Waals surface area contributed by atoms with Crippen LogP contribution < -0.4 is 0 Å². The zero-order valence-corrected chi connectivity index (χ0v) is 14.1. The Balaban J connectivity index is 1.89. The highest BCUT2D eigenvalue weighted by molar-refractivity contribution is 7.92. The second-order valence-corrected chi connectivity index (χ2v) is 9.39. The van der Waals surface area contributed by atoms with Gasteiger partial charge in [-0.25, -0.2) is 8.42 Å². The van der Waals surface area contributed by atoms with Crippen LogP contribution in [0.1, 0.15) is 53.6 Å². The Kier molecular flexibility index (Phi) is 4.26. The van der Waals surface area contributed by atoms with Crippen LogP contribution in [-0.2, 0) is 16.0 Å². The third-order valence-electron chi connectivity index (χ3n) is 5.14. The van der Waals surface area contributed by atoms with Crippen LogP contribution in [0.5, 0.6) is 0 Å². The monoisotopic (exact) mass is 360 g/mol. The average Bonchev–Trinajstić information content (AvgIpc) is 2.43. The smallest absolute Gasteiger partial charge is 0.294 e. The average molecular weight is 360 g/mol. The molecule has 2 aliphatic rings. The largest absolute Gasteiger partial charge is 0.416 e. The molecular weight excluding hydrogens is 341 g/mol. The number of Topliss-reactive ketones (excluding diaryl/α,β-unsaturated/α-hetero) is 1. The number of halogens is 3. The highest BCUT2D eigenvalue weighted by Gasteiger charge is 2.46. The van der Waals surface area contributed by atoms with Gasteiger partial charge in [0.1, 0.15) is 0 Å². The SMILES string of the molecule is Cc1cc(C(=O)C2CC3CCCC(C2)S3(=O)=O)cc(C(F)(F)F)c1. The predicted molar refractivity (Wildman–Crippen MR) is 83.6 cm³/mol. The van der Waals surface area contributed by atoms with Crippen molar-refractivity contribution >= 4 is 15.6 Å². The van der Waals surface area contributed by atoms with Gasteiger partial charge in [0.05, 0.1) is 16.1 Å². The van der Waals surface area contributed by atoms with Crippen molar-refractivity contribution in [1.29, 1.82) is 0 Å². The van der Waals surface area contributed by atoms with Gasteiger partial charge in [-0.15, -0.1) is 0 Å². The molecule has 0 aliphatic carbocycles. The molecule has 7 heteroatoms. The Bertz CT molecular complexity index is 748. The number of alkyl halides is 3. The number of carbonyl (C=O) groups excluding carboxylic acids is 1. The number of rotatable bonds is 2. The summed E-state index contributed by atoms with van der Waals surface area (Å²) in [6, 6.07) is 3.35. The van der Waals surface area contributed by atoms with Crippen molar-refractivity contribution in [1.82, 2.24) is 0 Å². The van der Waals surface area contributed by atoms with Gasteiger partial charge in [0.15, 0.2) is 15.6 Å². The molecule has 1 aromatic carbocycles. The van der Waals surface area contributed by atoms with E-state index < -0.39 is 38.0 Å². The van der Waals surface area contributed by atoms with Gasteiger partial charge in [-0.2, -0.15) is 13.2 Å². The standard InChI is InChI=1S/C17H19F3O3S/c1-10-5-11(7-13(6-10)17(18,19)20)16(21)12-8-14-3-2-4-15(9-12)24(14,22)23/h5-7,12,14-15H,2-4,8-9H2,1H3. The van der Waals surface area contributed by atoms with Crippen molar-refractivity contribution in [3.63, 3.8) is 0 Å². The lowest BCUT2D eigenvalue weighted by molar-refractivity contribution is -0.137. The molecule has 3 rings (SSSR count). The molecule has 0 radical (unpaired) electrons. The number of hydrogen-bond donors (Lipinski definition) is 0. The van der Waals surface area contributed by atoms with E-state index in [4.69, 9.17) is 0 Å². The van der Waals surface area contributed by atoms with Gasteiger partial charge >= 0.3 is 6.18 Å². The van der Waals surface area contributed by atoms with Crippen LogP contribution in [0.3, 0.4) is 0 Å². The van der Waals surface area contributed by atoms with Gasteiger partial charge < -0.3 is 0 Å². The summed E-state index contributed by atoms with van der Waals surface area (Å²) < 4.78 is 63.4. The summed E-state index contributed by atoms with van der Waals surface area (Å²) in [4.78, 5) is 12.7. The van der Waals surface area contributed by atoms with E-state index in [-0.39, 0.29) is 24.2 Å². The first-order valence-electron chi connectivity index (χ1n) is 8.05. The maximum absolute atomic E-state index is 13.0. The first-order valence-corrected chi connectivity index (χ1v) is 9.66. The number of carbonyl (C=O) groups is 1. The molecule has 132 valence electrons. The summed E-state index contributed by atoms with van der Waals surface area (Å²) in [7, 11) is -3.19. The number of fused-ring (bicyclic) bond motifs is 2. The third kappa shape index (κ3) is 3.10. The molecule has 0 spiro atoms. The van der Waals surface area contributed by atoms with E-state index >= 15 is 0 Å². The number of hydrogen-bond acceptors (Lipinski definition) is 3. The Morgan fingerprint density at radius 1 is 1.08 bits per heavy atom. The summed E-state index contributed by atoms with van der Waals surface area (Å²) in [5, 5.41) is -1.04. The van der Waals surface area contributed by atoms with Crippen LogP contribution in [0, 0.1) is 12.8 Å². The van der Waals surface area contributed by atoms with E-state index in [1.165, 1.54) is 13.0 Å². The Morgan fingerprint density at radius 3 is 2.21 bits per heavy atom. The minimum absolute atomic E-state index is 0.0321. The maximum Gasteiger partial charge on any atom is 0.416 e. The molecule has 0 N–H and O–H groups in total. The van der Waals surface area contributed by atoms with Crippen LogP contribution in [0.25, 0.3) is 0 Å². The molecule has 2 fully saturated rings. The Hall–Kier alpha value is -1.37. The van der Waals surface area contributed by atoms with Gasteiger partial charge in [-0.05, 0) is 56.4 Å². The molecule has 0 saturated carbocycles. The van der Waals surface area contributed by atoms with Crippen molar-refractivity contribution in [3.8, 4) is 0 Å². The molecule has 24 heavy (non-hydrogen) atoms. The molecular formula is C17H19F3O3S. The molecule has 3 nitrogen and oxygen atoms in total. The molecule has 2 aliphatic heterocycles. The fraction of sp³-hybridized carbons (Fsp3) is 0.588. The zero-order valence-electron chi connectivity index (χ0n) is 13.3. The Morgan fingerprint density at radius 2 is 1.67 bits per heavy atom. The van der Waals surface area contributed by atoms with Crippen LogP contribution in [-0.4, -0.2) is 24.7 Å². The van der Waals surface area contributed by atoms with Crippen LogP contribution >= 0.6 is 0 Å². The second-order valence-electron chi connectivity index (χ2n) is 6.88. The van der Waals surface area contributed by atoms with E-state index in [0.717, 1.165) is 18.6 Å². The topological polar surface area (TPSA) is 51.2 Å². The van der Waals surface area contributed by atoms with Crippen molar-refractivity contribution < 1.29 is 26.4 Å². The van der Waals surface area contributed by atoms with E-state index in [1.807, 2.05) is 0 Å². The molecule has 2 bridgehead atoms. The van der Waals surface area contributed by atoms with E-state index in [0.29, 0.717) is 18.4 Å². The van der Waals surface area contributed by atoms with Crippen molar-refractivity contribution in [2.45, 2.75) is 55.7 Å². The normalized spacial score (nSPS) is 29.2. The zero-order chi connectivity index (χ0) is 17.7. The number of sulfone groups is 1. The highest BCUT2D eigenvalue weighted by Crippen LogP contribution is 2.41. The first-order chi connectivity index (χ1) is 11.1. The van der Waals surface area contributed by atoms with Gasteiger partial charge in [0.25, 0.3) is 0 Å². The van der Waals surface area contributed by atoms with Gasteiger partial charge in [0, 0.05) is 11.5 Å².